The van der Waals surface area contributed by atoms with Crippen LogP contribution in [-0.4, -0.2) is 34.2 Å². The van der Waals surface area contributed by atoms with Crippen molar-refractivity contribution in [1.82, 2.24) is 14.9 Å². The highest BCUT2D eigenvalue weighted by Gasteiger charge is 2.31. The Bertz CT molecular complexity index is 727. The molecule has 1 fully saturated rings. The van der Waals surface area contributed by atoms with Crippen LogP contribution < -0.4 is 15.3 Å². The number of anilines is 2. The third-order valence-corrected chi connectivity index (χ3v) is 3.06. The van der Waals surface area contributed by atoms with Gasteiger partial charge in [0.05, 0.1) is 6.20 Å². The normalized spacial score (nSPS) is 13.5. The van der Waals surface area contributed by atoms with E-state index < -0.39 is 11.7 Å². The summed E-state index contributed by atoms with van der Waals surface area (Å²) in [6, 6.07) is 6.47. The average Bonchev–Trinajstić information content (AvgIpc) is 3.34. The van der Waals surface area contributed by atoms with Gasteiger partial charge in [0.2, 0.25) is 0 Å². The van der Waals surface area contributed by atoms with E-state index >= 15 is 0 Å². The average molecular weight is 302 g/mol. The van der Waals surface area contributed by atoms with Crippen LogP contribution in [0.15, 0.2) is 41.5 Å². The lowest BCUT2D eigenvalue weighted by Gasteiger charge is -2.20. The van der Waals surface area contributed by atoms with Crippen LogP contribution in [0.2, 0.25) is 0 Å². The summed E-state index contributed by atoms with van der Waals surface area (Å²) in [5.41, 5.74) is -0.524. The molecule has 1 aliphatic carbocycles. The lowest BCUT2D eigenvalue weighted by atomic mass is 10.3. The minimum absolute atomic E-state index is 0.0567. The van der Waals surface area contributed by atoms with Crippen molar-refractivity contribution in [2.24, 2.45) is 0 Å². The second-order valence-electron chi connectivity index (χ2n) is 4.68. The first-order chi connectivity index (χ1) is 10.7. The number of hydrogen-bond acceptors (Lipinski definition) is 6. The number of aromatic nitrogens is 3. The van der Waals surface area contributed by atoms with Gasteiger partial charge in [-0.15, -0.1) is 5.10 Å². The number of amides is 1. The standard InChI is InChI=1S/C14H14N4O4/c1-21-18-13(19)11(7-9-16-18)17(12-4-2-3-8-15-12)14(20)22-10-5-6-10/h2-4,7-10H,5-6H2,1H3. The Balaban J connectivity index is 2.05. The molecule has 8 nitrogen and oxygen atoms in total. The third-order valence-electron chi connectivity index (χ3n) is 3.06. The summed E-state index contributed by atoms with van der Waals surface area (Å²) in [5, 5.41) is 3.75. The van der Waals surface area contributed by atoms with Crippen LogP contribution in [0, 0.1) is 0 Å². The molecule has 2 aromatic heterocycles. The quantitative estimate of drug-likeness (QED) is 0.841. The summed E-state index contributed by atoms with van der Waals surface area (Å²) in [5.74, 6) is 0.291. The van der Waals surface area contributed by atoms with Crippen LogP contribution in [0.5, 0.6) is 0 Å². The lowest BCUT2D eigenvalue weighted by Crippen LogP contribution is -2.36. The maximum atomic E-state index is 12.4. The fourth-order valence-electron chi connectivity index (χ4n) is 1.87. The lowest BCUT2D eigenvalue weighted by molar-refractivity contribution is 0.121. The van der Waals surface area contributed by atoms with Crippen LogP contribution in [0.1, 0.15) is 12.8 Å². The Labute approximate surface area is 125 Å². The fraction of sp³-hybridized carbons (Fsp3) is 0.286. The van der Waals surface area contributed by atoms with E-state index in [4.69, 9.17) is 9.57 Å². The second kappa shape index (κ2) is 5.84. The second-order valence-corrected chi connectivity index (χ2v) is 4.68. The van der Waals surface area contributed by atoms with Crippen LogP contribution >= 0.6 is 0 Å². The molecule has 1 saturated carbocycles. The van der Waals surface area contributed by atoms with Gasteiger partial charge in [-0.2, -0.15) is 0 Å². The summed E-state index contributed by atoms with van der Waals surface area (Å²) in [6.45, 7) is 0. The summed E-state index contributed by atoms with van der Waals surface area (Å²) < 4.78 is 5.30. The van der Waals surface area contributed by atoms with Crippen LogP contribution in [0.3, 0.4) is 0 Å². The summed E-state index contributed by atoms with van der Waals surface area (Å²) in [4.78, 5) is 35.6. The Kier molecular flexibility index (Phi) is 3.73. The van der Waals surface area contributed by atoms with E-state index in [0.29, 0.717) is 5.82 Å². The van der Waals surface area contributed by atoms with E-state index in [-0.39, 0.29) is 11.8 Å². The number of pyridine rings is 1. The fourth-order valence-corrected chi connectivity index (χ4v) is 1.87. The van der Waals surface area contributed by atoms with Crippen molar-refractivity contribution in [2.45, 2.75) is 18.9 Å². The van der Waals surface area contributed by atoms with E-state index in [1.807, 2.05) is 0 Å². The highest BCUT2D eigenvalue weighted by atomic mass is 16.7. The Morgan fingerprint density at radius 3 is 2.77 bits per heavy atom. The predicted octanol–water partition coefficient (Wildman–Crippen LogP) is 1.13. The highest BCUT2D eigenvalue weighted by molar-refractivity contribution is 5.94. The molecular weight excluding hydrogens is 288 g/mol. The summed E-state index contributed by atoms with van der Waals surface area (Å²) >= 11 is 0. The van der Waals surface area contributed by atoms with Crippen molar-refractivity contribution in [3.8, 4) is 0 Å². The molecule has 2 heterocycles. The van der Waals surface area contributed by atoms with Crippen molar-refractivity contribution in [2.75, 3.05) is 12.0 Å². The largest absolute Gasteiger partial charge is 0.446 e. The van der Waals surface area contributed by atoms with E-state index in [9.17, 15) is 9.59 Å². The maximum absolute atomic E-state index is 12.4. The summed E-state index contributed by atoms with van der Waals surface area (Å²) in [7, 11) is 1.31. The van der Waals surface area contributed by atoms with E-state index in [1.165, 1.54) is 25.6 Å². The summed E-state index contributed by atoms with van der Waals surface area (Å²) in [6.07, 6.45) is 3.82. The molecule has 0 N–H and O–H groups in total. The van der Waals surface area contributed by atoms with Crippen molar-refractivity contribution >= 4 is 17.6 Å². The van der Waals surface area contributed by atoms with E-state index in [0.717, 1.165) is 22.6 Å². The molecule has 0 radical (unpaired) electrons. The molecule has 0 spiro atoms. The molecule has 22 heavy (non-hydrogen) atoms. The molecular formula is C14H14N4O4. The highest BCUT2D eigenvalue weighted by Crippen LogP contribution is 2.27. The van der Waals surface area contributed by atoms with E-state index in [1.54, 1.807) is 18.2 Å². The molecule has 0 aromatic carbocycles. The predicted molar refractivity (Wildman–Crippen MR) is 76.9 cm³/mol. The van der Waals surface area contributed by atoms with Crippen LogP contribution in [0.4, 0.5) is 16.3 Å². The smallest absolute Gasteiger partial charge is 0.420 e. The third kappa shape index (κ3) is 2.76. The van der Waals surface area contributed by atoms with E-state index in [2.05, 4.69) is 10.1 Å². The Hall–Kier alpha value is -2.90. The minimum Gasteiger partial charge on any atom is -0.446 e. The van der Waals surface area contributed by atoms with Gasteiger partial charge in [-0.1, -0.05) is 10.9 Å². The number of rotatable bonds is 4. The monoisotopic (exact) mass is 302 g/mol. The van der Waals surface area contributed by atoms with Gasteiger partial charge < -0.3 is 9.57 Å². The zero-order valence-corrected chi connectivity index (χ0v) is 11.9. The van der Waals surface area contributed by atoms with Crippen molar-refractivity contribution in [1.29, 1.82) is 0 Å². The zero-order chi connectivity index (χ0) is 15.5. The molecule has 114 valence electrons. The minimum atomic E-state index is -0.646. The zero-order valence-electron chi connectivity index (χ0n) is 11.9. The van der Waals surface area contributed by atoms with Crippen molar-refractivity contribution in [3.05, 3.63) is 47.0 Å². The number of carbonyl (C=O) groups is 1. The SMILES string of the molecule is COn1nccc(N(C(=O)OC2CC2)c2ccccn2)c1=O. The number of carbonyl (C=O) groups excluding carboxylic acids is 1. The molecule has 2 aromatic rings. The first-order valence-corrected chi connectivity index (χ1v) is 6.75. The molecule has 0 aliphatic heterocycles. The maximum Gasteiger partial charge on any atom is 0.420 e. The molecule has 8 heteroatoms. The van der Waals surface area contributed by atoms with Crippen LogP contribution in [-0.2, 0) is 4.74 Å². The van der Waals surface area contributed by atoms with Gasteiger partial charge in [0, 0.05) is 6.20 Å². The molecule has 1 amide bonds. The van der Waals surface area contributed by atoms with Gasteiger partial charge in [0.25, 0.3) is 0 Å². The van der Waals surface area contributed by atoms with Gasteiger partial charge in [-0.25, -0.2) is 14.7 Å². The molecule has 3 rings (SSSR count). The number of ether oxygens (including phenoxy) is 1. The first kappa shape index (κ1) is 14.1. The topological polar surface area (TPSA) is 86.6 Å². The number of nitrogens with zero attached hydrogens (tertiary/aromatic N) is 4. The first-order valence-electron chi connectivity index (χ1n) is 6.75. The molecule has 0 saturated heterocycles. The van der Waals surface area contributed by atoms with Crippen LogP contribution in [0.25, 0.3) is 0 Å². The molecule has 0 unspecified atom stereocenters. The Morgan fingerprint density at radius 1 is 1.32 bits per heavy atom. The molecule has 0 bridgehead atoms. The van der Waals surface area contributed by atoms with Gasteiger partial charge in [-0.3, -0.25) is 4.79 Å². The van der Waals surface area contributed by atoms with Crippen molar-refractivity contribution < 1.29 is 14.4 Å². The number of hydrogen-bond donors (Lipinski definition) is 0. The Morgan fingerprint density at radius 2 is 2.14 bits per heavy atom. The van der Waals surface area contributed by atoms with Gasteiger partial charge in [0.1, 0.15) is 24.7 Å². The van der Waals surface area contributed by atoms with Crippen molar-refractivity contribution in [3.63, 3.8) is 0 Å². The molecule has 0 atom stereocenters. The molecule has 1 aliphatic rings. The van der Waals surface area contributed by atoms with Gasteiger partial charge in [0.15, 0.2) is 0 Å². The van der Waals surface area contributed by atoms with Gasteiger partial charge in [-0.05, 0) is 31.0 Å². The van der Waals surface area contributed by atoms with Gasteiger partial charge >= 0.3 is 11.7 Å².